The number of hydrogen-bond donors (Lipinski definition) is 0. The van der Waals surface area contributed by atoms with E-state index in [0.29, 0.717) is 0 Å². The summed E-state index contributed by atoms with van der Waals surface area (Å²) in [4.78, 5) is 0. The predicted molar refractivity (Wildman–Crippen MR) is 133 cm³/mol. The van der Waals surface area contributed by atoms with Crippen LogP contribution in [-0.2, 0) is 0 Å². The molecule has 6 rings (SSSR count). The van der Waals surface area contributed by atoms with Gasteiger partial charge in [0.05, 0.1) is 5.92 Å². The van der Waals surface area contributed by atoms with Crippen LogP contribution >= 0.6 is 0 Å². The molecule has 6 aromatic carbocycles. The van der Waals surface area contributed by atoms with E-state index in [1.807, 2.05) is 0 Å². The average molecular weight is 396 g/mol. The highest BCUT2D eigenvalue weighted by molar-refractivity contribution is 6.23. The van der Waals surface area contributed by atoms with E-state index in [-0.39, 0.29) is 0 Å². The Balaban J connectivity index is 1.69. The first kappa shape index (κ1) is 18.2. The lowest BCUT2D eigenvalue weighted by molar-refractivity contribution is 1.23. The maximum absolute atomic E-state index is 2.31. The smallest absolute Gasteiger partial charge is 0.0610 e. The van der Waals surface area contributed by atoms with Crippen LogP contribution in [0.2, 0.25) is 0 Å². The third-order valence-corrected chi connectivity index (χ3v) is 6.48. The van der Waals surface area contributed by atoms with Gasteiger partial charge in [-0.3, -0.25) is 0 Å². The standard InChI is InChI=1S/C31H23/c1-20-6-10-24(11-7-20)29(25-12-8-21(2)9-13-25)27-18-17-26-15-14-22-4-3-5-23-16-19-28(27)31(26)30(22)23/h3-19H,1-2H3. The summed E-state index contributed by atoms with van der Waals surface area (Å²) in [5.74, 6) is 1.29. The summed E-state index contributed by atoms with van der Waals surface area (Å²) in [6.07, 6.45) is 0. The molecule has 0 amide bonds. The topological polar surface area (TPSA) is 0 Å². The maximum atomic E-state index is 2.31. The van der Waals surface area contributed by atoms with E-state index in [2.05, 4.69) is 117 Å². The van der Waals surface area contributed by atoms with Crippen LogP contribution < -0.4 is 0 Å². The van der Waals surface area contributed by atoms with Crippen molar-refractivity contribution in [2.24, 2.45) is 0 Å². The van der Waals surface area contributed by atoms with Crippen molar-refractivity contribution >= 4 is 32.3 Å². The van der Waals surface area contributed by atoms with Crippen LogP contribution in [0.1, 0.15) is 27.8 Å². The molecule has 0 fully saturated rings. The lowest BCUT2D eigenvalue weighted by Crippen LogP contribution is -2.06. The highest BCUT2D eigenvalue weighted by Crippen LogP contribution is 2.41. The van der Waals surface area contributed by atoms with E-state index in [1.165, 1.54) is 66.1 Å². The van der Waals surface area contributed by atoms with Gasteiger partial charge in [0.2, 0.25) is 0 Å². The van der Waals surface area contributed by atoms with E-state index in [4.69, 9.17) is 0 Å². The third kappa shape index (κ3) is 2.91. The van der Waals surface area contributed by atoms with Crippen molar-refractivity contribution in [2.45, 2.75) is 13.8 Å². The molecule has 0 unspecified atom stereocenters. The van der Waals surface area contributed by atoms with E-state index in [9.17, 15) is 0 Å². The summed E-state index contributed by atoms with van der Waals surface area (Å²) in [6.45, 7) is 4.29. The quantitative estimate of drug-likeness (QED) is 0.209. The van der Waals surface area contributed by atoms with Crippen molar-refractivity contribution < 1.29 is 0 Å². The monoisotopic (exact) mass is 395 g/mol. The molecule has 0 aromatic heterocycles. The third-order valence-electron chi connectivity index (χ3n) is 6.48. The number of hydrogen-bond acceptors (Lipinski definition) is 0. The van der Waals surface area contributed by atoms with E-state index < -0.39 is 0 Å². The van der Waals surface area contributed by atoms with Crippen molar-refractivity contribution in [1.82, 2.24) is 0 Å². The Kier molecular flexibility index (Phi) is 4.07. The Hall–Kier alpha value is -3.64. The first-order valence-corrected chi connectivity index (χ1v) is 10.9. The predicted octanol–water partition coefficient (Wildman–Crippen LogP) is 8.22. The summed E-state index contributed by atoms with van der Waals surface area (Å²) < 4.78 is 0. The van der Waals surface area contributed by atoms with Crippen LogP contribution in [0.4, 0.5) is 0 Å². The fraction of sp³-hybridized carbons (Fsp3) is 0.0645. The molecule has 0 saturated carbocycles. The molecule has 0 aliphatic rings. The second-order valence-corrected chi connectivity index (χ2v) is 8.58. The molecule has 0 heteroatoms. The zero-order chi connectivity index (χ0) is 20.9. The van der Waals surface area contributed by atoms with E-state index >= 15 is 0 Å². The van der Waals surface area contributed by atoms with Crippen molar-refractivity contribution in [3.05, 3.63) is 137 Å². The van der Waals surface area contributed by atoms with Crippen molar-refractivity contribution in [3.8, 4) is 0 Å². The first-order chi connectivity index (χ1) is 15.2. The number of rotatable bonds is 3. The van der Waals surface area contributed by atoms with Gasteiger partial charge in [0.1, 0.15) is 0 Å². The van der Waals surface area contributed by atoms with Crippen LogP contribution in [0.15, 0.2) is 103 Å². The molecule has 6 aromatic rings. The normalized spacial score (nSPS) is 11.8. The zero-order valence-corrected chi connectivity index (χ0v) is 17.8. The molecule has 31 heavy (non-hydrogen) atoms. The second-order valence-electron chi connectivity index (χ2n) is 8.58. The molecule has 0 heterocycles. The minimum atomic E-state index is 1.25. The highest BCUT2D eigenvalue weighted by atomic mass is 14.2. The Morgan fingerprint density at radius 1 is 0.452 bits per heavy atom. The van der Waals surface area contributed by atoms with E-state index in [1.54, 1.807) is 0 Å². The number of benzene rings is 6. The van der Waals surface area contributed by atoms with Crippen LogP contribution in [0.5, 0.6) is 0 Å². The summed E-state index contributed by atoms with van der Waals surface area (Å²) in [7, 11) is 0. The molecule has 0 saturated heterocycles. The zero-order valence-electron chi connectivity index (χ0n) is 17.8. The van der Waals surface area contributed by atoms with Gasteiger partial charge in [-0.1, -0.05) is 114 Å². The Morgan fingerprint density at radius 3 is 1.52 bits per heavy atom. The molecular formula is C31H23. The first-order valence-electron chi connectivity index (χ1n) is 10.9. The minimum Gasteiger partial charge on any atom is -0.0610 e. The van der Waals surface area contributed by atoms with Crippen molar-refractivity contribution in [1.29, 1.82) is 0 Å². The Morgan fingerprint density at radius 2 is 0.935 bits per heavy atom. The van der Waals surface area contributed by atoms with Crippen LogP contribution in [0.3, 0.4) is 0 Å². The molecule has 0 aliphatic carbocycles. The summed E-state index contributed by atoms with van der Waals surface area (Å²) >= 11 is 0. The van der Waals surface area contributed by atoms with Gasteiger partial charge in [0.15, 0.2) is 0 Å². The van der Waals surface area contributed by atoms with Gasteiger partial charge < -0.3 is 0 Å². The molecule has 0 nitrogen and oxygen atoms in total. The minimum absolute atomic E-state index is 1.25. The molecule has 0 atom stereocenters. The molecule has 0 spiro atoms. The van der Waals surface area contributed by atoms with Crippen LogP contribution in [0, 0.1) is 19.8 Å². The van der Waals surface area contributed by atoms with Crippen LogP contribution in [-0.4, -0.2) is 0 Å². The van der Waals surface area contributed by atoms with Gasteiger partial charge in [-0.05, 0) is 62.9 Å². The van der Waals surface area contributed by atoms with Crippen molar-refractivity contribution in [2.75, 3.05) is 0 Å². The van der Waals surface area contributed by atoms with Gasteiger partial charge in [0, 0.05) is 0 Å². The van der Waals surface area contributed by atoms with Crippen molar-refractivity contribution in [3.63, 3.8) is 0 Å². The fourth-order valence-electron chi connectivity index (χ4n) is 4.87. The summed E-state index contributed by atoms with van der Waals surface area (Å²) in [5.41, 5.74) is 6.36. The molecule has 147 valence electrons. The van der Waals surface area contributed by atoms with Gasteiger partial charge in [-0.25, -0.2) is 0 Å². The van der Waals surface area contributed by atoms with Gasteiger partial charge in [-0.15, -0.1) is 0 Å². The SMILES string of the molecule is Cc1ccc([C](c2ccc(C)cc2)c2ccc3ccc4cccc5ccc2c3c45)cc1. The average Bonchev–Trinajstić information content (AvgIpc) is 2.81. The van der Waals surface area contributed by atoms with E-state index in [0.717, 1.165) is 0 Å². The Labute approximate surface area is 183 Å². The lowest BCUT2D eigenvalue weighted by atomic mass is 9.80. The highest BCUT2D eigenvalue weighted by Gasteiger charge is 2.21. The van der Waals surface area contributed by atoms with Gasteiger partial charge >= 0.3 is 0 Å². The molecule has 0 N–H and O–H groups in total. The molecule has 1 radical (unpaired) electrons. The molecule has 0 bridgehead atoms. The summed E-state index contributed by atoms with van der Waals surface area (Å²) in [6, 6.07) is 38.1. The fourth-order valence-corrected chi connectivity index (χ4v) is 4.87. The molecular weight excluding hydrogens is 372 g/mol. The number of aryl methyl sites for hydroxylation is 2. The largest absolute Gasteiger partial charge is 0.0635 e. The molecule has 0 aliphatic heterocycles. The Bertz CT molecular complexity index is 1460. The lowest BCUT2D eigenvalue weighted by Gasteiger charge is -2.22. The van der Waals surface area contributed by atoms with Gasteiger partial charge in [0.25, 0.3) is 0 Å². The van der Waals surface area contributed by atoms with Gasteiger partial charge in [-0.2, -0.15) is 0 Å². The maximum Gasteiger partial charge on any atom is 0.0635 e. The second kappa shape index (κ2) is 6.96. The summed E-state index contributed by atoms with van der Waals surface area (Å²) in [5, 5.41) is 7.96. The van der Waals surface area contributed by atoms with Crippen LogP contribution in [0.25, 0.3) is 32.3 Å².